The van der Waals surface area contributed by atoms with Crippen LogP contribution in [-0.4, -0.2) is 31.3 Å². The van der Waals surface area contributed by atoms with Crippen LogP contribution in [0.3, 0.4) is 0 Å². The molecule has 0 saturated heterocycles. The van der Waals surface area contributed by atoms with Gasteiger partial charge in [-0.25, -0.2) is 4.79 Å². The topological polar surface area (TPSA) is 77.6 Å². The number of nitrogens with one attached hydrogen (secondary N) is 1. The van der Waals surface area contributed by atoms with Gasteiger partial charge in [0.25, 0.3) is 0 Å². The van der Waals surface area contributed by atoms with Crippen LogP contribution < -0.4 is 14.9 Å². The van der Waals surface area contributed by atoms with E-state index in [1.807, 2.05) is 42.5 Å². The fourth-order valence-corrected chi connectivity index (χ4v) is 3.28. The van der Waals surface area contributed by atoms with Gasteiger partial charge >= 0.3 is 5.97 Å². The number of H-pyrrole nitrogens is 1. The summed E-state index contributed by atoms with van der Waals surface area (Å²) in [4.78, 5) is 27.6. The van der Waals surface area contributed by atoms with E-state index in [1.54, 1.807) is 0 Å². The predicted octanol–water partition coefficient (Wildman–Crippen LogP) is 4.51. The van der Waals surface area contributed by atoms with E-state index >= 15 is 0 Å². The number of esters is 1. The highest BCUT2D eigenvalue weighted by molar-refractivity contribution is 5.93. The van der Waals surface area contributed by atoms with Crippen LogP contribution in [0.4, 0.5) is 0 Å². The van der Waals surface area contributed by atoms with Crippen LogP contribution in [-0.2, 0) is 11.2 Å². The lowest BCUT2D eigenvalue weighted by Gasteiger charge is -2.14. The van der Waals surface area contributed by atoms with Crippen LogP contribution >= 0.6 is 0 Å². The molecule has 1 N–H and O–H groups in total. The van der Waals surface area contributed by atoms with Gasteiger partial charge in [0, 0.05) is 17.6 Å². The number of rotatable bonds is 10. The van der Waals surface area contributed by atoms with E-state index in [-0.39, 0.29) is 11.0 Å². The largest absolute Gasteiger partial charge is 0.490 e. The molecule has 0 atom stereocenters. The molecule has 6 nitrogen and oxygen atoms in total. The van der Waals surface area contributed by atoms with Crippen LogP contribution in [0, 0.1) is 0 Å². The summed E-state index contributed by atoms with van der Waals surface area (Å²) in [5.41, 5.74) is 1.22. The average molecular weight is 409 g/mol. The number of aromatic amines is 1. The number of benzene rings is 2. The Morgan fingerprint density at radius 1 is 1.03 bits per heavy atom. The average Bonchev–Trinajstić information content (AvgIpc) is 2.77. The molecule has 0 aliphatic rings. The van der Waals surface area contributed by atoms with Crippen LogP contribution in [0.1, 0.15) is 42.1 Å². The van der Waals surface area contributed by atoms with Gasteiger partial charge in [-0.1, -0.05) is 38.0 Å². The second-order valence-corrected chi connectivity index (χ2v) is 7.00. The Bertz CT molecular complexity index is 1040. The third-order valence-electron chi connectivity index (χ3n) is 4.87. The number of unbranched alkanes of at least 4 members (excludes halogenated alkanes) is 2. The van der Waals surface area contributed by atoms with Gasteiger partial charge in [-0.3, -0.25) is 4.79 Å². The molecule has 30 heavy (non-hydrogen) atoms. The van der Waals surface area contributed by atoms with Crippen molar-refractivity contribution in [3.05, 3.63) is 70.0 Å². The van der Waals surface area contributed by atoms with E-state index in [4.69, 9.17) is 14.2 Å². The Labute approximate surface area is 175 Å². The molecule has 0 aliphatic heterocycles. The quantitative estimate of drug-likeness (QED) is 0.394. The molecule has 0 saturated carbocycles. The molecule has 0 radical (unpaired) electrons. The van der Waals surface area contributed by atoms with Gasteiger partial charge < -0.3 is 19.2 Å². The van der Waals surface area contributed by atoms with Gasteiger partial charge in [0.05, 0.1) is 12.6 Å². The molecule has 0 bridgehead atoms. The predicted molar refractivity (Wildman–Crippen MR) is 117 cm³/mol. The zero-order valence-corrected chi connectivity index (χ0v) is 17.4. The molecule has 3 rings (SSSR count). The number of aryl methyl sites for hydroxylation is 1. The van der Waals surface area contributed by atoms with E-state index in [0.717, 1.165) is 42.7 Å². The Balaban J connectivity index is 1.82. The molecule has 0 fully saturated rings. The fourth-order valence-electron chi connectivity index (χ4n) is 3.28. The second kappa shape index (κ2) is 10.5. The van der Waals surface area contributed by atoms with Crippen LogP contribution in [0.2, 0.25) is 0 Å². The lowest BCUT2D eigenvalue weighted by atomic mass is 10.0. The molecule has 0 spiro atoms. The SMILES string of the molecule is CCCCCc1cc2c(=O)c(C(=O)OC)c[nH]c2cc1OCCOc1ccccc1. The minimum atomic E-state index is -0.649. The molecule has 0 unspecified atom stereocenters. The summed E-state index contributed by atoms with van der Waals surface area (Å²) in [6.07, 6.45) is 5.36. The van der Waals surface area contributed by atoms with Crippen molar-refractivity contribution in [1.29, 1.82) is 0 Å². The first kappa shape index (κ1) is 21.4. The lowest BCUT2D eigenvalue weighted by Crippen LogP contribution is -2.17. The Morgan fingerprint density at radius 2 is 1.80 bits per heavy atom. The summed E-state index contributed by atoms with van der Waals surface area (Å²) >= 11 is 0. The number of hydrogen-bond acceptors (Lipinski definition) is 5. The van der Waals surface area contributed by atoms with Crippen LogP contribution in [0.15, 0.2) is 53.5 Å². The van der Waals surface area contributed by atoms with Crippen molar-refractivity contribution in [3.63, 3.8) is 0 Å². The van der Waals surface area contributed by atoms with Crippen molar-refractivity contribution in [3.8, 4) is 11.5 Å². The fraction of sp³-hybridized carbons (Fsp3) is 0.333. The van der Waals surface area contributed by atoms with E-state index in [1.165, 1.54) is 13.3 Å². The van der Waals surface area contributed by atoms with Gasteiger partial charge in [0.1, 0.15) is 30.3 Å². The van der Waals surface area contributed by atoms with Gasteiger partial charge in [0.15, 0.2) is 0 Å². The van der Waals surface area contributed by atoms with Gasteiger partial charge in [0.2, 0.25) is 5.43 Å². The molecule has 1 aromatic heterocycles. The number of carbonyl (C=O) groups is 1. The summed E-state index contributed by atoms with van der Waals surface area (Å²) in [6.45, 7) is 2.94. The van der Waals surface area contributed by atoms with E-state index in [0.29, 0.717) is 24.1 Å². The van der Waals surface area contributed by atoms with Crippen molar-refractivity contribution >= 4 is 16.9 Å². The zero-order chi connectivity index (χ0) is 21.3. The molecule has 0 amide bonds. The molecule has 6 heteroatoms. The zero-order valence-electron chi connectivity index (χ0n) is 17.4. The number of methoxy groups -OCH3 is 1. The summed E-state index contributed by atoms with van der Waals surface area (Å²) in [6, 6.07) is 13.2. The maximum absolute atomic E-state index is 12.8. The van der Waals surface area contributed by atoms with Crippen molar-refractivity contribution in [1.82, 2.24) is 4.98 Å². The minimum Gasteiger partial charge on any atom is -0.490 e. The Morgan fingerprint density at radius 3 is 2.53 bits per heavy atom. The monoisotopic (exact) mass is 409 g/mol. The van der Waals surface area contributed by atoms with Gasteiger partial charge in [-0.15, -0.1) is 0 Å². The third-order valence-corrected chi connectivity index (χ3v) is 4.87. The highest BCUT2D eigenvalue weighted by atomic mass is 16.5. The lowest BCUT2D eigenvalue weighted by molar-refractivity contribution is 0.0599. The summed E-state index contributed by atoms with van der Waals surface area (Å²) in [7, 11) is 1.26. The molecular formula is C24H27NO5. The summed E-state index contributed by atoms with van der Waals surface area (Å²) in [5, 5.41) is 0.456. The van der Waals surface area contributed by atoms with Crippen molar-refractivity contribution < 1.29 is 19.0 Å². The highest BCUT2D eigenvalue weighted by Crippen LogP contribution is 2.26. The first-order valence-electron chi connectivity index (χ1n) is 10.2. The summed E-state index contributed by atoms with van der Waals surface area (Å²) < 4.78 is 16.4. The molecule has 158 valence electrons. The van der Waals surface area contributed by atoms with Crippen molar-refractivity contribution in [2.75, 3.05) is 20.3 Å². The third kappa shape index (κ3) is 5.20. The summed E-state index contributed by atoms with van der Waals surface area (Å²) in [5.74, 6) is 0.864. The van der Waals surface area contributed by atoms with E-state index in [9.17, 15) is 9.59 Å². The number of carbonyl (C=O) groups excluding carboxylic acids is 1. The molecule has 3 aromatic rings. The number of para-hydroxylation sites is 1. The van der Waals surface area contributed by atoms with Crippen LogP contribution in [0.25, 0.3) is 10.9 Å². The number of fused-ring (bicyclic) bond motifs is 1. The Kier molecular flexibility index (Phi) is 7.49. The van der Waals surface area contributed by atoms with Crippen molar-refractivity contribution in [2.45, 2.75) is 32.6 Å². The second-order valence-electron chi connectivity index (χ2n) is 7.00. The smallest absolute Gasteiger partial charge is 0.343 e. The minimum absolute atomic E-state index is 0.00515. The first-order valence-corrected chi connectivity index (χ1v) is 10.2. The van der Waals surface area contributed by atoms with Gasteiger partial charge in [-0.05, 0) is 36.6 Å². The highest BCUT2D eigenvalue weighted by Gasteiger charge is 2.16. The van der Waals surface area contributed by atoms with Gasteiger partial charge in [-0.2, -0.15) is 0 Å². The maximum atomic E-state index is 12.8. The number of aromatic nitrogens is 1. The Hall–Kier alpha value is -3.28. The number of hydrogen-bond donors (Lipinski definition) is 1. The first-order chi connectivity index (χ1) is 14.6. The number of pyridine rings is 1. The van der Waals surface area contributed by atoms with E-state index < -0.39 is 5.97 Å². The normalized spacial score (nSPS) is 10.7. The van der Waals surface area contributed by atoms with E-state index in [2.05, 4.69) is 11.9 Å². The number of ether oxygens (including phenoxy) is 3. The molecular weight excluding hydrogens is 382 g/mol. The molecule has 2 aromatic carbocycles. The molecule has 0 aliphatic carbocycles. The molecule has 1 heterocycles. The van der Waals surface area contributed by atoms with Crippen molar-refractivity contribution in [2.24, 2.45) is 0 Å². The maximum Gasteiger partial charge on any atom is 0.343 e. The van der Waals surface area contributed by atoms with Crippen LogP contribution in [0.5, 0.6) is 11.5 Å². The standard InChI is InChI=1S/C24H27NO5/c1-3-4-6-9-17-14-19-21(25-16-20(23(19)26)24(27)28-2)15-22(17)30-13-12-29-18-10-7-5-8-11-18/h5,7-8,10-11,14-16H,3-4,6,9,12-13H2,1-2H3,(H,25,26).